The number of nitrogens with zero attached hydrogens (tertiary/aromatic N) is 1. The highest BCUT2D eigenvalue weighted by Crippen LogP contribution is 2.23. The van der Waals surface area contributed by atoms with Crippen LogP contribution in [0.25, 0.3) is 0 Å². The monoisotopic (exact) mass is 250 g/mol. The largest absolute Gasteiger partial charge is 0.468 e. The lowest BCUT2D eigenvalue weighted by atomic mass is 10.2. The number of furan rings is 1. The molecule has 0 amide bonds. The minimum Gasteiger partial charge on any atom is -0.468 e. The molecule has 0 aliphatic carbocycles. The van der Waals surface area contributed by atoms with Gasteiger partial charge in [0.25, 0.3) is 0 Å². The van der Waals surface area contributed by atoms with Gasteiger partial charge in [0.15, 0.2) is 0 Å². The van der Waals surface area contributed by atoms with Gasteiger partial charge in [0, 0.05) is 18.0 Å². The summed E-state index contributed by atoms with van der Waals surface area (Å²) in [7, 11) is 0. The van der Waals surface area contributed by atoms with Gasteiger partial charge in [-0.1, -0.05) is 13.0 Å². The van der Waals surface area contributed by atoms with Crippen LogP contribution in [0.4, 0.5) is 0 Å². The molecule has 2 heterocycles. The molecule has 0 spiro atoms. The van der Waals surface area contributed by atoms with Crippen LogP contribution in [0.5, 0.6) is 0 Å². The maximum Gasteiger partial charge on any atom is 0.122 e. The molecule has 0 radical (unpaired) electrons. The second-order valence-corrected chi connectivity index (χ2v) is 4.94. The maximum atomic E-state index is 5.87. The summed E-state index contributed by atoms with van der Waals surface area (Å²) in [6.45, 7) is 4.61. The fourth-order valence-electron chi connectivity index (χ4n) is 1.97. The van der Waals surface area contributed by atoms with Gasteiger partial charge in [-0.15, -0.1) is 11.3 Å². The molecular formula is C13H18N2OS. The van der Waals surface area contributed by atoms with Crippen molar-refractivity contribution in [1.29, 1.82) is 0 Å². The Morgan fingerprint density at radius 2 is 2.29 bits per heavy atom. The molecular weight excluding hydrogens is 232 g/mol. The van der Waals surface area contributed by atoms with Crippen LogP contribution in [-0.4, -0.2) is 18.0 Å². The smallest absolute Gasteiger partial charge is 0.122 e. The Morgan fingerprint density at radius 3 is 2.82 bits per heavy atom. The van der Waals surface area contributed by atoms with Crippen molar-refractivity contribution in [3.05, 3.63) is 46.5 Å². The van der Waals surface area contributed by atoms with E-state index in [2.05, 4.69) is 29.3 Å². The Morgan fingerprint density at radius 1 is 1.41 bits per heavy atom. The standard InChI is InChI=1S/C13H18N2OS/c1-2-15(10-11-5-4-8-17-11)12(9-14)13-6-3-7-16-13/h3-8,12H,2,9-10,14H2,1H3. The first-order valence-corrected chi connectivity index (χ1v) is 6.73. The molecule has 1 unspecified atom stereocenters. The van der Waals surface area contributed by atoms with E-state index in [1.165, 1.54) is 4.88 Å². The summed E-state index contributed by atoms with van der Waals surface area (Å²) in [6, 6.07) is 8.31. The van der Waals surface area contributed by atoms with Crippen LogP contribution in [0.1, 0.15) is 23.6 Å². The number of thiophene rings is 1. The van der Waals surface area contributed by atoms with Crippen molar-refractivity contribution in [2.45, 2.75) is 19.5 Å². The van der Waals surface area contributed by atoms with Gasteiger partial charge in [-0.25, -0.2) is 0 Å². The normalized spacial score (nSPS) is 13.1. The van der Waals surface area contributed by atoms with E-state index < -0.39 is 0 Å². The third-order valence-corrected chi connectivity index (χ3v) is 3.74. The molecule has 17 heavy (non-hydrogen) atoms. The van der Waals surface area contributed by atoms with Gasteiger partial charge in [0.05, 0.1) is 12.3 Å². The molecule has 2 aromatic heterocycles. The summed E-state index contributed by atoms with van der Waals surface area (Å²) >= 11 is 1.78. The van der Waals surface area contributed by atoms with E-state index in [9.17, 15) is 0 Å². The van der Waals surface area contributed by atoms with Crippen molar-refractivity contribution in [3.8, 4) is 0 Å². The second kappa shape index (κ2) is 6.00. The molecule has 0 saturated carbocycles. The summed E-state index contributed by atoms with van der Waals surface area (Å²) in [4.78, 5) is 3.70. The Labute approximate surface area is 106 Å². The minimum absolute atomic E-state index is 0.164. The summed E-state index contributed by atoms with van der Waals surface area (Å²) in [6.07, 6.45) is 1.71. The van der Waals surface area contributed by atoms with Crippen LogP contribution in [-0.2, 0) is 6.54 Å². The Hall–Kier alpha value is -1.10. The molecule has 0 bridgehead atoms. The van der Waals surface area contributed by atoms with Gasteiger partial charge in [0.1, 0.15) is 5.76 Å². The third-order valence-electron chi connectivity index (χ3n) is 2.88. The predicted octanol–water partition coefficient (Wildman–Crippen LogP) is 2.86. The quantitative estimate of drug-likeness (QED) is 0.857. The highest BCUT2D eigenvalue weighted by Gasteiger charge is 2.20. The number of hydrogen-bond acceptors (Lipinski definition) is 4. The number of hydrogen-bond donors (Lipinski definition) is 1. The molecule has 2 aromatic rings. The summed E-state index contributed by atoms with van der Waals surface area (Å²) in [5.41, 5.74) is 5.87. The SMILES string of the molecule is CCN(Cc1cccs1)C(CN)c1ccco1. The highest BCUT2D eigenvalue weighted by molar-refractivity contribution is 7.09. The lowest BCUT2D eigenvalue weighted by Crippen LogP contribution is -2.32. The van der Waals surface area contributed by atoms with Crippen molar-refractivity contribution in [2.24, 2.45) is 5.73 Å². The zero-order valence-corrected chi connectivity index (χ0v) is 10.8. The molecule has 92 valence electrons. The second-order valence-electron chi connectivity index (χ2n) is 3.91. The minimum atomic E-state index is 0.164. The fourth-order valence-corrected chi connectivity index (χ4v) is 2.70. The lowest BCUT2D eigenvalue weighted by molar-refractivity contribution is 0.181. The summed E-state index contributed by atoms with van der Waals surface area (Å²) < 4.78 is 5.47. The van der Waals surface area contributed by atoms with Gasteiger partial charge in [-0.3, -0.25) is 4.90 Å². The Kier molecular flexibility index (Phi) is 4.36. The summed E-state index contributed by atoms with van der Waals surface area (Å²) in [5, 5.41) is 2.10. The molecule has 3 nitrogen and oxygen atoms in total. The van der Waals surface area contributed by atoms with Crippen molar-refractivity contribution in [2.75, 3.05) is 13.1 Å². The molecule has 2 N–H and O–H groups in total. The van der Waals surface area contributed by atoms with Gasteiger partial charge in [-0.05, 0) is 30.1 Å². The summed E-state index contributed by atoms with van der Waals surface area (Å²) in [5.74, 6) is 0.950. The van der Waals surface area contributed by atoms with E-state index in [1.54, 1.807) is 17.6 Å². The Balaban J connectivity index is 2.10. The first-order valence-electron chi connectivity index (χ1n) is 5.85. The first kappa shape index (κ1) is 12.4. The lowest BCUT2D eigenvalue weighted by Gasteiger charge is -2.27. The van der Waals surface area contributed by atoms with Crippen molar-refractivity contribution >= 4 is 11.3 Å². The molecule has 4 heteroatoms. The zero-order chi connectivity index (χ0) is 12.1. The molecule has 1 atom stereocenters. The topological polar surface area (TPSA) is 42.4 Å². The molecule has 0 aliphatic heterocycles. The van der Waals surface area contributed by atoms with Gasteiger partial charge in [0.2, 0.25) is 0 Å². The van der Waals surface area contributed by atoms with Crippen LogP contribution in [0.3, 0.4) is 0 Å². The maximum absolute atomic E-state index is 5.87. The van der Waals surface area contributed by atoms with E-state index in [0.717, 1.165) is 18.8 Å². The molecule has 2 rings (SSSR count). The molecule has 0 fully saturated rings. The molecule has 0 aromatic carbocycles. The number of rotatable bonds is 6. The zero-order valence-electron chi connectivity index (χ0n) is 10.0. The van der Waals surface area contributed by atoms with Gasteiger partial charge < -0.3 is 10.2 Å². The van der Waals surface area contributed by atoms with Crippen LogP contribution in [0.15, 0.2) is 40.3 Å². The molecule has 0 aliphatic rings. The predicted molar refractivity (Wildman–Crippen MR) is 70.9 cm³/mol. The van der Waals surface area contributed by atoms with E-state index in [4.69, 9.17) is 10.2 Å². The third kappa shape index (κ3) is 2.97. The Bertz CT molecular complexity index is 411. The fraction of sp³-hybridized carbons (Fsp3) is 0.385. The van der Waals surface area contributed by atoms with Crippen molar-refractivity contribution in [3.63, 3.8) is 0 Å². The van der Waals surface area contributed by atoms with Crippen molar-refractivity contribution in [1.82, 2.24) is 4.90 Å². The van der Waals surface area contributed by atoms with E-state index in [0.29, 0.717) is 6.54 Å². The average Bonchev–Trinajstić information content (AvgIpc) is 3.00. The van der Waals surface area contributed by atoms with E-state index >= 15 is 0 Å². The van der Waals surface area contributed by atoms with Gasteiger partial charge in [-0.2, -0.15) is 0 Å². The first-order chi connectivity index (χ1) is 8.35. The number of nitrogens with two attached hydrogens (primary N) is 1. The van der Waals surface area contributed by atoms with Crippen LogP contribution in [0, 0.1) is 0 Å². The number of likely N-dealkylation sites (N-methyl/N-ethyl adjacent to an activating group) is 1. The van der Waals surface area contributed by atoms with Crippen LogP contribution < -0.4 is 5.73 Å². The highest BCUT2D eigenvalue weighted by atomic mass is 32.1. The molecule has 0 saturated heterocycles. The average molecular weight is 250 g/mol. The van der Waals surface area contributed by atoms with E-state index in [-0.39, 0.29) is 6.04 Å². The van der Waals surface area contributed by atoms with Crippen LogP contribution in [0.2, 0.25) is 0 Å². The van der Waals surface area contributed by atoms with Gasteiger partial charge >= 0.3 is 0 Å². The van der Waals surface area contributed by atoms with Crippen molar-refractivity contribution < 1.29 is 4.42 Å². The van der Waals surface area contributed by atoms with E-state index in [1.807, 2.05) is 12.1 Å². The van der Waals surface area contributed by atoms with Crippen LogP contribution >= 0.6 is 11.3 Å².